The van der Waals surface area contributed by atoms with Gasteiger partial charge in [-0.05, 0) is 18.9 Å². The van der Waals surface area contributed by atoms with Gasteiger partial charge < -0.3 is 10.2 Å². The molecule has 0 aromatic heterocycles. The van der Waals surface area contributed by atoms with Crippen LogP contribution in [0.1, 0.15) is 20.3 Å². The van der Waals surface area contributed by atoms with Crippen molar-refractivity contribution in [3.8, 4) is 0 Å². The van der Waals surface area contributed by atoms with Gasteiger partial charge in [-0.15, -0.1) is 0 Å². The van der Waals surface area contributed by atoms with Crippen molar-refractivity contribution < 1.29 is 4.79 Å². The maximum atomic E-state index is 11.3. The van der Waals surface area contributed by atoms with Gasteiger partial charge in [0.15, 0.2) is 0 Å². The molecule has 1 N–H and O–H groups in total. The van der Waals surface area contributed by atoms with Gasteiger partial charge in [-0.3, -0.25) is 0 Å². The second kappa shape index (κ2) is 4.12. The Kier molecular flexibility index (Phi) is 3.12. The number of nitrogens with one attached hydrogen (secondary N) is 1. The topological polar surface area (TPSA) is 32.3 Å². The number of carbonyl (C=O) groups excluding carboxylic acids is 1. The van der Waals surface area contributed by atoms with Crippen LogP contribution in [0.3, 0.4) is 0 Å². The normalized spacial score (nSPS) is 23.9. The van der Waals surface area contributed by atoms with Gasteiger partial charge in [0, 0.05) is 19.3 Å². The Morgan fingerprint density at radius 3 is 2.85 bits per heavy atom. The highest BCUT2D eigenvalue weighted by Gasteiger charge is 2.20. The summed E-state index contributed by atoms with van der Waals surface area (Å²) in [4.78, 5) is 13.0. The molecule has 0 bridgehead atoms. The van der Waals surface area contributed by atoms with E-state index < -0.39 is 0 Å². The van der Waals surface area contributed by atoms with Crippen LogP contribution in [0.2, 0.25) is 0 Å². The minimum absolute atomic E-state index is 0.0229. The summed E-state index contributed by atoms with van der Waals surface area (Å²) in [5.41, 5.74) is 2.15. The molecule has 0 unspecified atom stereocenters. The first-order valence-corrected chi connectivity index (χ1v) is 4.56. The summed E-state index contributed by atoms with van der Waals surface area (Å²) in [5.74, 6) is 0. The van der Waals surface area contributed by atoms with Gasteiger partial charge in [0.1, 0.15) is 0 Å². The van der Waals surface area contributed by atoms with Crippen molar-refractivity contribution in [1.82, 2.24) is 10.2 Å². The van der Waals surface area contributed by atoms with Crippen LogP contribution in [0.5, 0.6) is 0 Å². The van der Waals surface area contributed by atoms with Crippen LogP contribution in [0.4, 0.5) is 4.79 Å². The van der Waals surface area contributed by atoms with Gasteiger partial charge in [0.05, 0.1) is 0 Å². The molecule has 0 aliphatic carbocycles. The lowest BCUT2D eigenvalue weighted by Gasteiger charge is -2.27. The maximum absolute atomic E-state index is 11.3. The minimum Gasteiger partial charge on any atom is -0.323 e. The fourth-order valence-corrected chi connectivity index (χ4v) is 1.34. The van der Waals surface area contributed by atoms with Crippen LogP contribution in [0.15, 0.2) is 23.4 Å². The number of hydrogen-bond acceptors (Lipinski definition) is 1. The van der Waals surface area contributed by atoms with Crippen molar-refractivity contribution in [2.45, 2.75) is 20.3 Å². The Hall–Kier alpha value is -1.25. The van der Waals surface area contributed by atoms with Gasteiger partial charge >= 0.3 is 6.03 Å². The average molecular weight is 180 g/mol. The molecule has 72 valence electrons. The Morgan fingerprint density at radius 1 is 1.62 bits per heavy atom. The molecular formula is C10H16N2O. The number of carbonyl (C=O) groups is 1. The lowest BCUT2D eigenvalue weighted by Crippen LogP contribution is -2.44. The number of urea groups is 1. The summed E-state index contributed by atoms with van der Waals surface area (Å²) < 4.78 is 0. The third-order valence-corrected chi connectivity index (χ3v) is 2.10. The Bertz CT molecular complexity index is 266. The first kappa shape index (κ1) is 9.84. The molecule has 1 aliphatic heterocycles. The molecule has 0 aromatic rings. The summed E-state index contributed by atoms with van der Waals surface area (Å²) in [7, 11) is 1.79. The summed E-state index contributed by atoms with van der Waals surface area (Å²) >= 11 is 0. The number of likely N-dealkylation sites (N-methyl/N-ethyl adjacent to an activating group) is 1. The van der Waals surface area contributed by atoms with E-state index >= 15 is 0 Å². The predicted molar refractivity (Wildman–Crippen MR) is 53.3 cm³/mol. The molecule has 1 fully saturated rings. The molecule has 0 spiro atoms. The minimum atomic E-state index is -0.0229. The van der Waals surface area contributed by atoms with Gasteiger partial charge in [-0.2, -0.15) is 0 Å². The SMILES string of the molecule is C/C=C1/CN(C)C(=O)N/C1=C/CC. The molecule has 0 aromatic carbocycles. The van der Waals surface area contributed by atoms with E-state index in [1.165, 1.54) is 5.57 Å². The molecule has 1 aliphatic rings. The van der Waals surface area contributed by atoms with Crippen LogP contribution in [-0.4, -0.2) is 24.5 Å². The molecule has 2 amide bonds. The Morgan fingerprint density at radius 2 is 2.31 bits per heavy atom. The lowest BCUT2D eigenvalue weighted by atomic mass is 10.1. The van der Waals surface area contributed by atoms with E-state index in [0.717, 1.165) is 12.1 Å². The highest BCUT2D eigenvalue weighted by atomic mass is 16.2. The quantitative estimate of drug-likeness (QED) is 0.656. The average Bonchev–Trinajstić information content (AvgIpc) is 2.11. The molecule has 1 saturated heterocycles. The van der Waals surface area contributed by atoms with Gasteiger partial charge in [-0.25, -0.2) is 4.79 Å². The van der Waals surface area contributed by atoms with Crippen molar-refractivity contribution in [2.75, 3.05) is 13.6 Å². The van der Waals surface area contributed by atoms with Crippen LogP contribution in [-0.2, 0) is 0 Å². The van der Waals surface area contributed by atoms with E-state index in [4.69, 9.17) is 0 Å². The second-order valence-corrected chi connectivity index (χ2v) is 3.13. The molecule has 0 saturated carbocycles. The van der Waals surface area contributed by atoms with Crippen LogP contribution >= 0.6 is 0 Å². The molecule has 1 rings (SSSR count). The number of hydrogen-bond donors (Lipinski definition) is 1. The standard InChI is InChI=1S/C10H16N2O/c1-4-6-9-8(5-2)7-12(3)10(13)11-9/h5-6H,4,7H2,1-3H3,(H,11,13)/b8-5-,9-6+. The Balaban J connectivity index is 2.85. The fourth-order valence-electron chi connectivity index (χ4n) is 1.34. The van der Waals surface area contributed by atoms with Crippen molar-refractivity contribution in [1.29, 1.82) is 0 Å². The third kappa shape index (κ3) is 2.11. The van der Waals surface area contributed by atoms with Crippen molar-refractivity contribution in [2.24, 2.45) is 0 Å². The summed E-state index contributed by atoms with van der Waals surface area (Å²) in [6.07, 6.45) is 5.02. The summed E-state index contributed by atoms with van der Waals surface area (Å²) in [6.45, 7) is 4.75. The molecule has 0 radical (unpaired) electrons. The highest BCUT2D eigenvalue weighted by Crippen LogP contribution is 2.14. The van der Waals surface area contributed by atoms with Crippen molar-refractivity contribution in [3.05, 3.63) is 23.4 Å². The molecule has 13 heavy (non-hydrogen) atoms. The predicted octanol–water partition coefficient (Wildman–Crippen LogP) is 1.88. The third-order valence-electron chi connectivity index (χ3n) is 2.10. The molecule has 3 nitrogen and oxygen atoms in total. The van der Waals surface area contributed by atoms with E-state index in [1.54, 1.807) is 11.9 Å². The van der Waals surface area contributed by atoms with E-state index in [2.05, 4.69) is 12.2 Å². The van der Waals surface area contributed by atoms with E-state index in [9.17, 15) is 4.79 Å². The fraction of sp³-hybridized carbons (Fsp3) is 0.500. The van der Waals surface area contributed by atoms with Gasteiger partial charge in [0.2, 0.25) is 0 Å². The first-order valence-electron chi connectivity index (χ1n) is 4.56. The van der Waals surface area contributed by atoms with Crippen LogP contribution in [0.25, 0.3) is 0 Å². The largest absolute Gasteiger partial charge is 0.323 e. The number of nitrogens with zero attached hydrogens (tertiary/aromatic N) is 1. The Labute approximate surface area is 79.1 Å². The molecule has 3 heteroatoms. The number of rotatable bonds is 1. The summed E-state index contributed by atoms with van der Waals surface area (Å²) in [6, 6.07) is -0.0229. The van der Waals surface area contributed by atoms with E-state index in [-0.39, 0.29) is 6.03 Å². The molecule has 1 heterocycles. The van der Waals surface area contributed by atoms with Crippen LogP contribution < -0.4 is 5.32 Å². The zero-order valence-corrected chi connectivity index (χ0v) is 8.42. The van der Waals surface area contributed by atoms with Gasteiger partial charge in [-0.1, -0.05) is 19.1 Å². The molecular weight excluding hydrogens is 164 g/mol. The van der Waals surface area contributed by atoms with Crippen LogP contribution in [0, 0.1) is 0 Å². The number of allylic oxidation sites excluding steroid dienone is 2. The zero-order chi connectivity index (χ0) is 9.84. The highest BCUT2D eigenvalue weighted by molar-refractivity contribution is 5.79. The van der Waals surface area contributed by atoms with Gasteiger partial charge in [0.25, 0.3) is 0 Å². The summed E-state index contributed by atoms with van der Waals surface area (Å²) in [5, 5.41) is 2.85. The lowest BCUT2D eigenvalue weighted by molar-refractivity contribution is 0.211. The number of amides is 2. The molecule has 0 atom stereocenters. The first-order chi connectivity index (χ1) is 6.19. The smallest absolute Gasteiger partial charge is 0.321 e. The maximum Gasteiger partial charge on any atom is 0.321 e. The van der Waals surface area contributed by atoms with E-state index in [1.807, 2.05) is 19.1 Å². The van der Waals surface area contributed by atoms with Crippen molar-refractivity contribution >= 4 is 6.03 Å². The monoisotopic (exact) mass is 180 g/mol. The van der Waals surface area contributed by atoms with Crippen molar-refractivity contribution in [3.63, 3.8) is 0 Å². The second-order valence-electron chi connectivity index (χ2n) is 3.13. The van der Waals surface area contributed by atoms with E-state index in [0.29, 0.717) is 6.54 Å². The zero-order valence-electron chi connectivity index (χ0n) is 8.42.